The smallest absolute Gasteiger partial charge is 0.255 e. The molecule has 1 fully saturated rings. The van der Waals surface area contributed by atoms with Crippen molar-refractivity contribution in [1.82, 2.24) is 24.5 Å². The highest BCUT2D eigenvalue weighted by molar-refractivity contribution is 6.29. The first-order chi connectivity index (χ1) is 13.9. The third-order valence-corrected chi connectivity index (χ3v) is 5.35. The van der Waals surface area contributed by atoms with E-state index in [2.05, 4.69) is 70.3 Å². The second-order valence-electron chi connectivity index (χ2n) is 8.41. The molecule has 0 radical (unpaired) electrons. The van der Waals surface area contributed by atoms with Gasteiger partial charge < -0.3 is 10.1 Å². The van der Waals surface area contributed by atoms with Gasteiger partial charge in [-0.05, 0) is 22.6 Å². The predicted molar refractivity (Wildman–Crippen MR) is 114 cm³/mol. The number of morpholine rings is 1. The Bertz CT molecular complexity index is 973. The summed E-state index contributed by atoms with van der Waals surface area (Å²) in [6.07, 6.45) is 0. The molecule has 7 nitrogen and oxygen atoms in total. The van der Waals surface area contributed by atoms with Crippen LogP contribution in [0.4, 0.5) is 5.95 Å². The van der Waals surface area contributed by atoms with Crippen LogP contribution in [-0.4, -0.2) is 50.8 Å². The number of rotatable bonds is 5. The first-order valence-electron chi connectivity index (χ1n) is 9.94. The molecule has 154 valence electrons. The quantitative estimate of drug-likeness (QED) is 0.644. The maximum Gasteiger partial charge on any atom is 0.255 e. The highest BCUT2D eigenvalue weighted by Gasteiger charge is 2.15. The molecule has 0 saturated carbocycles. The average Bonchev–Trinajstić information content (AvgIpc) is 3.10. The van der Waals surface area contributed by atoms with Crippen LogP contribution in [-0.2, 0) is 23.2 Å². The molecular formula is C21H27ClN6O. The van der Waals surface area contributed by atoms with E-state index in [4.69, 9.17) is 16.3 Å². The molecule has 2 aromatic heterocycles. The van der Waals surface area contributed by atoms with Gasteiger partial charge in [0, 0.05) is 26.2 Å². The largest absolute Gasteiger partial charge is 0.379 e. The third-order valence-electron chi connectivity index (χ3n) is 5.08. The summed E-state index contributed by atoms with van der Waals surface area (Å²) in [5, 5.41) is 8.21. The molecule has 0 unspecified atom stereocenters. The maximum absolute atomic E-state index is 6.42. The van der Waals surface area contributed by atoms with Crippen LogP contribution in [0.2, 0.25) is 5.15 Å². The zero-order chi connectivity index (χ0) is 20.4. The van der Waals surface area contributed by atoms with E-state index in [0.717, 1.165) is 38.5 Å². The first kappa shape index (κ1) is 20.1. The first-order valence-corrected chi connectivity index (χ1v) is 10.3. The molecule has 1 aliphatic rings. The van der Waals surface area contributed by atoms with Gasteiger partial charge in [0.25, 0.3) is 5.78 Å². The van der Waals surface area contributed by atoms with Gasteiger partial charge in [0.1, 0.15) is 5.15 Å². The van der Waals surface area contributed by atoms with Gasteiger partial charge in [0.15, 0.2) is 0 Å². The van der Waals surface area contributed by atoms with Crippen molar-refractivity contribution in [3.63, 3.8) is 0 Å². The zero-order valence-electron chi connectivity index (χ0n) is 17.2. The summed E-state index contributed by atoms with van der Waals surface area (Å²) in [6, 6.07) is 10.5. The number of fused-ring (bicyclic) bond motifs is 1. The molecule has 0 aliphatic carbocycles. The summed E-state index contributed by atoms with van der Waals surface area (Å²) >= 11 is 6.42. The van der Waals surface area contributed by atoms with Crippen molar-refractivity contribution < 1.29 is 4.74 Å². The molecule has 1 aromatic carbocycles. The molecule has 29 heavy (non-hydrogen) atoms. The van der Waals surface area contributed by atoms with Crippen LogP contribution in [0.15, 0.2) is 30.3 Å². The minimum atomic E-state index is 0.149. The van der Waals surface area contributed by atoms with Crippen LogP contribution in [0.1, 0.15) is 37.6 Å². The lowest BCUT2D eigenvalue weighted by atomic mass is 9.87. The molecule has 0 bridgehead atoms. The zero-order valence-corrected chi connectivity index (χ0v) is 17.9. The van der Waals surface area contributed by atoms with E-state index < -0.39 is 0 Å². The van der Waals surface area contributed by atoms with Crippen LogP contribution >= 0.6 is 11.6 Å². The number of hydrogen-bond acceptors (Lipinski definition) is 6. The Kier molecular flexibility index (Phi) is 5.72. The van der Waals surface area contributed by atoms with E-state index in [-0.39, 0.29) is 5.41 Å². The highest BCUT2D eigenvalue weighted by atomic mass is 35.5. The standard InChI is InChI=1S/C21H27ClN6O/c1-21(2,3)16-6-4-15(5-7-16)13-23-19-25-20-24-17(12-18(22)28(20)26-19)14-27-8-10-29-11-9-27/h4-7,12H,8-11,13-14H2,1-3H3,(H,23,26). The van der Waals surface area contributed by atoms with Crippen molar-refractivity contribution >= 4 is 23.3 Å². The number of nitrogens with one attached hydrogen (secondary N) is 1. The Morgan fingerprint density at radius 3 is 2.52 bits per heavy atom. The van der Waals surface area contributed by atoms with Gasteiger partial charge in [-0.3, -0.25) is 4.90 Å². The second-order valence-corrected chi connectivity index (χ2v) is 8.79. The number of halogens is 1. The lowest BCUT2D eigenvalue weighted by Crippen LogP contribution is -2.35. The van der Waals surface area contributed by atoms with Crippen molar-refractivity contribution in [3.05, 3.63) is 52.3 Å². The van der Waals surface area contributed by atoms with E-state index in [9.17, 15) is 0 Å². The van der Waals surface area contributed by atoms with E-state index in [0.29, 0.717) is 23.4 Å². The van der Waals surface area contributed by atoms with Crippen LogP contribution in [0, 0.1) is 0 Å². The molecule has 0 atom stereocenters. The lowest BCUT2D eigenvalue weighted by molar-refractivity contribution is 0.0336. The van der Waals surface area contributed by atoms with Crippen LogP contribution in [0.25, 0.3) is 5.78 Å². The van der Waals surface area contributed by atoms with Gasteiger partial charge in [-0.25, -0.2) is 4.98 Å². The average molecular weight is 415 g/mol. The third kappa shape index (κ3) is 4.86. The fourth-order valence-corrected chi connectivity index (χ4v) is 3.57. The van der Waals surface area contributed by atoms with Crippen molar-refractivity contribution in [3.8, 4) is 0 Å². The summed E-state index contributed by atoms with van der Waals surface area (Å²) in [6.45, 7) is 11.3. The summed E-state index contributed by atoms with van der Waals surface area (Å²) in [5.41, 5.74) is 3.53. The molecule has 4 rings (SSSR count). The van der Waals surface area contributed by atoms with Gasteiger partial charge in [-0.2, -0.15) is 9.50 Å². The number of benzene rings is 1. The summed E-state index contributed by atoms with van der Waals surface area (Å²) in [7, 11) is 0. The van der Waals surface area contributed by atoms with Crippen LogP contribution in [0.3, 0.4) is 0 Å². The molecule has 0 spiro atoms. The summed E-state index contributed by atoms with van der Waals surface area (Å²) < 4.78 is 6.96. The summed E-state index contributed by atoms with van der Waals surface area (Å²) in [4.78, 5) is 11.4. The number of anilines is 1. The normalized spacial score (nSPS) is 15.7. The monoisotopic (exact) mass is 414 g/mol. The molecule has 1 saturated heterocycles. The summed E-state index contributed by atoms with van der Waals surface area (Å²) in [5.74, 6) is 1.02. The fourth-order valence-electron chi connectivity index (χ4n) is 3.33. The van der Waals surface area contributed by atoms with Gasteiger partial charge in [-0.1, -0.05) is 56.6 Å². The van der Waals surface area contributed by atoms with Crippen molar-refractivity contribution in [2.24, 2.45) is 0 Å². The van der Waals surface area contributed by atoms with Gasteiger partial charge >= 0.3 is 0 Å². The topological polar surface area (TPSA) is 67.6 Å². The molecule has 0 amide bonds. The van der Waals surface area contributed by atoms with Crippen molar-refractivity contribution in [2.75, 3.05) is 31.6 Å². The number of nitrogens with zero attached hydrogens (tertiary/aromatic N) is 5. The SMILES string of the molecule is CC(C)(C)c1ccc(CNc2nc3nc(CN4CCOCC4)cc(Cl)n3n2)cc1. The highest BCUT2D eigenvalue weighted by Crippen LogP contribution is 2.22. The minimum Gasteiger partial charge on any atom is -0.379 e. The molecule has 8 heteroatoms. The van der Waals surface area contributed by atoms with Crippen LogP contribution < -0.4 is 5.32 Å². The van der Waals surface area contributed by atoms with Crippen molar-refractivity contribution in [1.29, 1.82) is 0 Å². The van der Waals surface area contributed by atoms with Gasteiger partial charge in [0.05, 0.1) is 18.9 Å². The van der Waals surface area contributed by atoms with E-state index in [1.54, 1.807) is 4.52 Å². The molecule has 1 aliphatic heterocycles. The Hall–Kier alpha value is -2.22. The Morgan fingerprint density at radius 2 is 1.83 bits per heavy atom. The number of hydrogen-bond donors (Lipinski definition) is 1. The number of aromatic nitrogens is 4. The number of ether oxygens (including phenoxy) is 1. The maximum atomic E-state index is 6.42. The Labute approximate surface area is 176 Å². The van der Waals surface area contributed by atoms with E-state index in [1.807, 2.05) is 6.07 Å². The minimum absolute atomic E-state index is 0.149. The molecule has 1 N–H and O–H groups in total. The van der Waals surface area contributed by atoms with Gasteiger partial charge in [-0.15, -0.1) is 5.10 Å². The Morgan fingerprint density at radius 1 is 1.10 bits per heavy atom. The van der Waals surface area contributed by atoms with E-state index >= 15 is 0 Å². The van der Waals surface area contributed by atoms with Crippen molar-refractivity contribution in [2.45, 2.75) is 39.3 Å². The van der Waals surface area contributed by atoms with Gasteiger partial charge in [0.2, 0.25) is 5.95 Å². The fraction of sp³-hybridized carbons (Fsp3) is 0.476. The lowest BCUT2D eigenvalue weighted by Gasteiger charge is -2.26. The molecule has 3 aromatic rings. The predicted octanol–water partition coefficient (Wildman–Crippen LogP) is 3.52. The molecular weight excluding hydrogens is 388 g/mol. The Balaban J connectivity index is 1.45. The molecule has 3 heterocycles. The van der Waals surface area contributed by atoms with Crippen LogP contribution in [0.5, 0.6) is 0 Å². The second kappa shape index (κ2) is 8.26. The van der Waals surface area contributed by atoms with E-state index in [1.165, 1.54) is 11.1 Å².